The molecule has 0 aliphatic heterocycles. The number of nitrogens with zero attached hydrogens (tertiary/aromatic N) is 5. The normalized spacial score (nSPS) is 12.0. The fourth-order valence-corrected chi connectivity index (χ4v) is 2.64. The topological polar surface area (TPSA) is 95.6 Å². The first kappa shape index (κ1) is 16.1. The van der Waals surface area contributed by atoms with Gasteiger partial charge < -0.3 is 10.3 Å². The van der Waals surface area contributed by atoms with Crippen LogP contribution in [0.3, 0.4) is 0 Å². The number of alkyl halides is 3. The van der Waals surface area contributed by atoms with E-state index in [1.165, 1.54) is 12.3 Å². The number of rotatable bonds is 3. The highest BCUT2D eigenvalue weighted by atomic mass is 19.4. The van der Waals surface area contributed by atoms with Gasteiger partial charge in [-0.2, -0.15) is 13.2 Å². The molecule has 26 heavy (non-hydrogen) atoms. The molecular formula is C16H11F3N6O. The Morgan fingerprint density at radius 2 is 1.88 bits per heavy atom. The summed E-state index contributed by atoms with van der Waals surface area (Å²) in [6.45, 7) is 0.229. The van der Waals surface area contributed by atoms with E-state index in [0.29, 0.717) is 16.9 Å². The van der Waals surface area contributed by atoms with Crippen molar-refractivity contribution >= 4 is 16.9 Å². The zero-order valence-electron chi connectivity index (χ0n) is 13.1. The summed E-state index contributed by atoms with van der Waals surface area (Å²) >= 11 is 0. The van der Waals surface area contributed by atoms with E-state index in [9.17, 15) is 13.2 Å². The molecule has 0 amide bonds. The van der Waals surface area contributed by atoms with Gasteiger partial charge in [-0.3, -0.25) is 4.98 Å². The number of nitrogen functional groups attached to an aromatic ring is 1. The molecule has 10 heteroatoms. The van der Waals surface area contributed by atoms with Crippen molar-refractivity contribution in [1.82, 2.24) is 24.8 Å². The molecule has 0 radical (unpaired) electrons. The second-order valence-electron chi connectivity index (χ2n) is 5.56. The molecule has 7 nitrogen and oxygen atoms in total. The maximum Gasteiger partial charge on any atom is 0.433 e. The van der Waals surface area contributed by atoms with E-state index in [2.05, 4.69) is 24.9 Å². The van der Waals surface area contributed by atoms with Gasteiger partial charge >= 0.3 is 6.18 Å². The Balaban J connectivity index is 1.79. The van der Waals surface area contributed by atoms with Crippen LogP contribution < -0.4 is 5.73 Å². The quantitative estimate of drug-likeness (QED) is 0.603. The summed E-state index contributed by atoms with van der Waals surface area (Å²) in [5.41, 5.74) is 7.11. The highest BCUT2D eigenvalue weighted by Crippen LogP contribution is 2.29. The van der Waals surface area contributed by atoms with Crippen molar-refractivity contribution in [3.63, 3.8) is 0 Å². The fourth-order valence-electron chi connectivity index (χ4n) is 2.64. The molecule has 0 saturated heterocycles. The average Bonchev–Trinajstić information content (AvgIpc) is 3.18. The molecule has 4 aromatic rings. The lowest BCUT2D eigenvalue weighted by Crippen LogP contribution is -2.09. The zero-order chi connectivity index (χ0) is 18.3. The van der Waals surface area contributed by atoms with Crippen molar-refractivity contribution in [2.24, 2.45) is 0 Å². The van der Waals surface area contributed by atoms with Crippen molar-refractivity contribution in [3.8, 4) is 11.5 Å². The van der Waals surface area contributed by atoms with Gasteiger partial charge in [-0.1, -0.05) is 18.2 Å². The number of hydrogen-bond donors (Lipinski definition) is 1. The highest BCUT2D eigenvalue weighted by Gasteiger charge is 2.32. The summed E-state index contributed by atoms with van der Waals surface area (Å²) in [6, 6.07) is 9.63. The second kappa shape index (κ2) is 5.83. The van der Waals surface area contributed by atoms with Gasteiger partial charge in [-0.05, 0) is 34.1 Å². The van der Waals surface area contributed by atoms with Crippen LogP contribution in [0.4, 0.5) is 19.0 Å². The van der Waals surface area contributed by atoms with Crippen LogP contribution >= 0.6 is 0 Å². The first-order valence-electron chi connectivity index (χ1n) is 7.49. The van der Waals surface area contributed by atoms with Crippen LogP contribution in [0.5, 0.6) is 0 Å². The van der Waals surface area contributed by atoms with Gasteiger partial charge in [-0.15, -0.1) is 0 Å². The maximum atomic E-state index is 12.7. The number of aromatic nitrogens is 5. The SMILES string of the molecule is Nc1nonc1-c1nc2ccccc2n1Cc1ccc(C(F)(F)F)nc1. The third-order valence-electron chi connectivity index (χ3n) is 3.84. The molecule has 0 aliphatic rings. The van der Waals surface area contributed by atoms with Gasteiger partial charge in [0.2, 0.25) is 0 Å². The van der Waals surface area contributed by atoms with Crippen molar-refractivity contribution in [2.45, 2.75) is 12.7 Å². The lowest BCUT2D eigenvalue weighted by atomic mass is 10.2. The summed E-state index contributed by atoms with van der Waals surface area (Å²) in [4.78, 5) is 7.98. The van der Waals surface area contributed by atoms with Gasteiger partial charge in [0.15, 0.2) is 17.3 Å². The van der Waals surface area contributed by atoms with E-state index in [4.69, 9.17) is 5.73 Å². The first-order valence-corrected chi connectivity index (χ1v) is 7.49. The van der Waals surface area contributed by atoms with E-state index >= 15 is 0 Å². The molecule has 0 spiro atoms. The number of benzene rings is 1. The summed E-state index contributed by atoms with van der Waals surface area (Å²) in [6.07, 6.45) is -3.29. The number of fused-ring (bicyclic) bond motifs is 1. The third-order valence-corrected chi connectivity index (χ3v) is 3.84. The molecule has 1 aromatic carbocycles. The molecule has 3 heterocycles. The maximum absolute atomic E-state index is 12.7. The Kier molecular flexibility index (Phi) is 3.60. The van der Waals surface area contributed by atoms with Crippen LogP contribution in [0.25, 0.3) is 22.6 Å². The number of anilines is 1. The smallest absolute Gasteiger partial charge is 0.379 e. The number of imidazole rings is 1. The van der Waals surface area contributed by atoms with Crippen LogP contribution in [0, 0.1) is 0 Å². The number of hydrogen-bond acceptors (Lipinski definition) is 6. The minimum absolute atomic E-state index is 0.0760. The molecule has 2 N–H and O–H groups in total. The third kappa shape index (κ3) is 2.75. The Labute approximate surface area is 144 Å². The molecule has 0 atom stereocenters. The molecule has 0 aliphatic carbocycles. The second-order valence-corrected chi connectivity index (χ2v) is 5.56. The fraction of sp³-hybridized carbons (Fsp3) is 0.125. The predicted octanol–water partition coefficient (Wildman–Crippen LogP) is 3.13. The predicted molar refractivity (Wildman–Crippen MR) is 85.8 cm³/mol. The Hall–Kier alpha value is -3.43. The lowest BCUT2D eigenvalue weighted by Gasteiger charge is -2.09. The highest BCUT2D eigenvalue weighted by molar-refractivity contribution is 5.81. The van der Waals surface area contributed by atoms with E-state index < -0.39 is 11.9 Å². The van der Waals surface area contributed by atoms with Gasteiger partial charge in [0.05, 0.1) is 17.6 Å². The standard InChI is InChI=1S/C16H11F3N6O/c17-16(18,19)12-6-5-9(7-21-12)8-25-11-4-2-1-3-10(11)22-15(25)13-14(20)24-26-23-13/h1-7H,8H2,(H2,20,24). The molecular weight excluding hydrogens is 349 g/mol. The van der Waals surface area contributed by atoms with Crippen LogP contribution in [0.15, 0.2) is 47.2 Å². The number of para-hydroxylation sites is 2. The zero-order valence-corrected chi connectivity index (χ0v) is 13.1. The van der Waals surface area contributed by atoms with E-state index in [-0.39, 0.29) is 18.1 Å². The van der Waals surface area contributed by atoms with E-state index in [1.54, 1.807) is 4.57 Å². The van der Waals surface area contributed by atoms with Crippen molar-refractivity contribution < 1.29 is 17.8 Å². The lowest BCUT2D eigenvalue weighted by molar-refractivity contribution is -0.141. The van der Waals surface area contributed by atoms with E-state index in [1.807, 2.05) is 24.3 Å². The number of pyridine rings is 1. The van der Waals surface area contributed by atoms with Crippen LogP contribution in [-0.2, 0) is 12.7 Å². The van der Waals surface area contributed by atoms with Crippen LogP contribution in [0.2, 0.25) is 0 Å². The Morgan fingerprint density at radius 3 is 2.54 bits per heavy atom. The summed E-state index contributed by atoms with van der Waals surface area (Å²) in [7, 11) is 0. The van der Waals surface area contributed by atoms with Gasteiger partial charge in [0, 0.05) is 6.20 Å². The van der Waals surface area contributed by atoms with Gasteiger partial charge in [-0.25, -0.2) is 9.61 Å². The van der Waals surface area contributed by atoms with Crippen molar-refractivity contribution in [2.75, 3.05) is 5.73 Å². The molecule has 0 saturated carbocycles. The first-order chi connectivity index (χ1) is 12.4. The van der Waals surface area contributed by atoms with E-state index in [0.717, 1.165) is 11.6 Å². The minimum Gasteiger partial charge on any atom is -0.379 e. The Bertz CT molecular complexity index is 1070. The summed E-state index contributed by atoms with van der Waals surface area (Å²) < 4.78 is 44.5. The molecule has 4 rings (SSSR count). The minimum atomic E-state index is -4.48. The molecule has 0 bridgehead atoms. The monoisotopic (exact) mass is 360 g/mol. The summed E-state index contributed by atoms with van der Waals surface area (Å²) in [5.74, 6) is 0.483. The van der Waals surface area contributed by atoms with Crippen molar-refractivity contribution in [3.05, 3.63) is 53.9 Å². The molecule has 132 valence electrons. The average molecular weight is 360 g/mol. The molecule has 3 aromatic heterocycles. The van der Waals surface area contributed by atoms with Crippen molar-refractivity contribution in [1.29, 1.82) is 0 Å². The number of halogens is 3. The molecule has 0 unspecified atom stereocenters. The summed E-state index contributed by atoms with van der Waals surface area (Å²) in [5, 5.41) is 7.32. The van der Waals surface area contributed by atoms with Crippen LogP contribution in [-0.4, -0.2) is 24.8 Å². The van der Waals surface area contributed by atoms with Crippen LogP contribution in [0.1, 0.15) is 11.3 Å². The largest absolute Gasteiger partial charge is 0.433 e. The number of nitrogens with two attached hydrogens (primary N) is 1. The Morgan fingerprint density at radius 1 is 1.08 bits per heavy atom. The molecule has 0 fully saturated rings. The van der Waals surface area contributed by atoms with Gasteiger partial charge in [0.25, 0.3) is 0 Å². The van der Waals surface area contributed by atoms with Gasteiger partial charge in [0.1, 0.15) is 5.69 Å².